The van der Waals surface area contributed by atoms with Crippen LogP contribution in [0.3, 0.4) is 0 Å². The molecule has 0 aliphatic heterocycles. The van der Waals surface area contributed by atoms with Crippen LogP contribution in [0.4, 0.5) is 10.1 Å². The molecule has 0 saturated carbocycles. The molecule has 0 amide bonds. The first-order valence-corrected chi connectivity index (χ1v) is 8.05. The van der Waals surface area contributed by atoms with E-state index in [0.717, 1.165) is 39.9 Å². The van der Waals surface area contributed by atoms with Crippen molar-refractivity contribution in [1.29, 1.82) is 0 Å². The summed E-state index contributed by atoms with van der Waals surface area (Å²) >= 11 is 7.93. The highest BCUT2D eigenvalue weighted by atomic mass is 35.5. The highest BCUT2D eigenvalue weighted by Gasteiger charge is 2.24. The second-order valence-corrected chi connectivity index (χ2v) is 6.49. The molecule has 1 N–H and O–H groups in total. The van der Waals surface area contributed by atoms with E-state index in [4.69, 9.17) is 11.6 Å². The van der Waals surface area contributed by atoms with Crippen LogP contribution in [-0.4, -0.2) is 4.98 Å². The molecule has 1 atom stereocenters. The monoisotopic (exact) mass is 318 g/mol. The molecule has 0 fully saturated rings. The van der Waals surface area contributed by atoms with Crippen molar-refractivity contribution in [3.8, 4) is 0 Å². The van der Waals surface area contributed by atoms with Gasteiger partial charge >= 0.3 is 0 Å². The summed E-state index contributed by atoms with van der Waals surface area (Å²) < 4.78 is 14.4. The molecule has 0 radical (unpaired) electrons. The van der Waals surface area contributed by atoms with Gasteiger partial charge in [0.2, 0.25) is 0 Å². The maximum Gasteiger partial charge on any atom is 0.123 e. The van der Waals surface area contributed by atoms with Crippen LogP contribution in [-0.2, 0) is 6.42 Å². The van der Waals surface area contributed by atoms with E-state index in [0.29, 0.717) is 5.02 Å². The van der Waals surface area contributed by atoms with E-state index in [9.17, 15) is 4.39 Å². The Bertz CT molecular complexity index is 830. The van der Waals surface area contributed by atoms with Crippen molar-refractivity contribution >= 4 is 38.8 Å². The summed E-state index contributed by atoms with van der Waals surface area (Å²) in [6, 6.07) is 9.05. The molecular weight excluding hydrogens is 307 g/mol. The largest absolute Gasteiger partial charge is 0.375 e. The van der Waals surface area contributed by atoms with Crippen molar-refractivity contribution < 1.29 is 4.39 Å². The summed E-state index contributed by atoms with van der Waals surface area (Å²) in [5, 5.41) is 4.17. The van der Waals surface area contributed by atoms with Crippen LogP contribution in [0.2, 0.25) is 5.02 Å². The summed E-state index contributed by atoms with van der Waals surface area (Å²) in [7, 11) is 0. The topological polar surface area (TPSA) is 24.9 Å². The molecule has 4 rings (SSSR count). The molecule has 2 aromatic carbocycles. The van der Waals surface area contributed by atoms with Gasteiger partial charge in [-0.05, 0) is 48.2 Å². The molecule has 106 valence electrons. The van der Waals surface area contributed by atoms with Crippen LogP contribution < -0.4 is 5.32 Å². The predicted molar refractivity (Wildman–Crippen MR) is 85.7 cm³/mol. The van der Waals surface area contributed by atoms with Crippen molar-refractivity contribution in [3.63, 3.8) is 0 Å². The Kier molecular flexibility index (Phi) is 3.08. The molecule has 5 heteroatoms. The van der Waals surface area contributed by atoms with Crippen LogP contribution in [0, 0.1) is 5.82 Å². The van der Waals surface area contributed by atoms with Crippen molar-refractivity contribution in [1.82, 2.24) is 4.98 Å². The zero-order chi connectivity index (χ0) is 14.4. The molecule has 2 nitrogen and oxygen atoms in total. The molecule has 1 unspecified atom stereocenters. The standard InChI is InChI=1S/C16H12ClFN2S/c17-12-4-6-14-16(19-8-21-14)15(12)20-13-5-1-9-7-10(18)2-3-11(9)13/h2-4,6-8,13,20H,1,5H2. The van der Waals surface area contributed by atoms with Gasteiger partial charge in [-0.3, -0.25) is 0 Å². The maximum absolute atomic E-state index is 13.3. The molecule has 0 saturated heterocycles. The van der Waals surface area contributed by atoms with Crippen molar-refractivity contribution in [2.75, 3.05) is 5.32 Å². The number of aromatic nitrogens is 1. The molecule has 21 heavy (non-hydrogen) atoms. The zero-order valence-corrected chi connectivity index (χ0v) is 12.6. The first kappa shape index (κ1) is 13.0. The van der Waals surface area contributed by atoms with E-state index in [1.807, 2.05) is 23.7 Å². The lowest BCUT2D eigenvalue weighted by Crippen LogP contribution is -2.08. The average molecular weight is 319 g/mol. The third-order valence-electron chi connectivity index (χ3n) is 3.95. The number of fused-ring (bicyclic) bond motifs is 2. The summed E-state index contributed by atoms with van der Waals surface area (Å²) in [6.45, 7) is 0. The van der Waals surface area contributed by atoms with E-state index in [1.54, 1.807) is 17.4 Å². The van der Waals surface area contributed by atoms with Gasteiger partial charge in [-0.25, -0.2) is 9.37 Å². The van der Waals surface area contributed by atoms with Gasteiger partial charge in [0, 0.05) is 0 Å². The number of hydrogen-bond acceptors (Lipinski definition) is 3. The molecule has 1 aromatic heterocycles. The van der Waals surface area contributed by atoms with Gasteiger partial charge < -0.3 is 5.32 Å². The molecule has 1 aliphatic carbocycles. The quantitative estimate of drug-likeness (QED) is 0.703. The Morgan fingerprint density at radius 3 is 3.10 bits per heavy atom. The second-order valence-electron chi connectivity index (χ2n) is 5.20. The van der Waals surface area contributed by atoms with Gasteiger partial charge in [0.1, 0.15) is 11.3 Å². The second kappa shape index (κ2) is 4.97. The van der Waals surface area contributed by atoms with Gasteiger partial charge in [-0.2, -0.15) is 0 Å². The molecule has 1 aliphatic rings. The van der Waals surface area contributed by atoms with Crippen molar-refractivity contribution in [2.24, 2.45) is 0 Å². The Morgan fingerprint density at radius 2 is 2.19 bits per heavy atom. The number of nitrogens with zero attached hydrogens (tertiary/aromatic N) is 1. The van der Waals surface area contributed by atoms with E-state index in [-0.39, 0.29) is 11.9 Å². The maximum atomic E-state index is 13.3. The van der Waals surface area contributed by atoms with Gasteiger partial charge in [-0.15, -0.1) is 11.3 Å². The number of thiazole rings is 1. The zero-order valence-electron chi connectivity index (χ0n) is 11.1. The minimum absolute atomic E-state index is 0.158. The molecule has 3 aromatic rings. The Morgan fingerprint density at radius 1 is 1.29 bits per heavy atom. The average Bonchev–Trinajstić information content (AvgIpc) is 3.08. The van der Waals surface area contributed by atoms with Crippen LogP contribution in [0.1, 0.15) is 23.6 Å². The molecule has 1 heterocycles. The third-order valence-corrected chi connectivity index (χ3v) is 5.06. The highest BCUT2D eigenvalue weighted by Crippen LogP contribution is 2.39. The Hall–Kier alpha value is -1.65. The summed E-state index contributed by atoms with van der Waals surface area (Å²) in [4.78, 5) is 4.40. The fourth-order valence-corrected chi connectivity index (χ4v) is 3.85. The van der Waals surface area contributed by atoms with Gasteiger partial charge in [-0.1, -0.05) is 17.7 Å². The van der Waals surface area contributed by atoms with Crippen molar-refractivity contribution in [2.45, 2.75) is 18.9 Å². The lowest BCUT2D eigenvalue weighted by atomic mass is 10.1. The molecule has 0 bridgehead atoms. The normalized spacial score (nSPS) is 17.1. The fraction of sp³-hybridized carbons (Fsp3) is 0.188. The number of nitrogens with one attached hydrogen (secondary N) is 1. The van der Waals surface area contributed by atoms with E-state index in [1.165, 1.54) is 6.07 Å². The van der Waals surface area contributed by atoms with E-state index in [2.05, 4.69) is 10.3 Å². The smallest absolute Gasteiger partial charge is 0.123 e. The summed E-state index contributed by atoms with van der Waals surface area (Å²) in [5.41, 5.74) is 5.83. The predicted octanol–water partition coefficient (Wildman–Crippen LogP) is 5.19. The molecule has 0 spiro atoms. The SMILES string of the molecule is Fc1ccc2c(c1)CCC2Nc1c(Cl)ccc2scnc12. The summed E-state index contributed by atoms with van der Waals surface area (Å²) in [6.07, 6.45) is 1.82. The minimum atomic E-state index is -0.172. The van der Waals surface area contributed by atoms with Crippen LogP contribution in [0.5, 0.6) is 0 Å². The van der Waals surface area contributed by atoms with Crippen molar-refractivity contribution in [3.05, 3.63) is 57.8 Å². The fourth-order valence-electron chi connectivity index (χ4n) is 2.95. The first-order valence-electron chi connectivity index (χ1n) is 6.79. The number of aryl methyl sites for hydroxylation is 1. The van der Waals surface area contributed by atoms with Gasteiger partial charge in [0.25, 0.3) is 0 Å². The highest BCUT2D eigenvalue weighted by molar-refractivity contribution is 7.16. The number of rotatable bonds is 2. The van der Waals surface area contributed by atoms with Crippen LogP contribution >= 0.6 is 22.9 Å². The number of anilines is 1. The Labute approximate surface area is 130 Å². The lowest BCUT2D eigenvalue weighted by Gasteiger charge is -2.17. The van der Waals surface area contributed by atoms with E-state index >= 15 is 0 Å². The van der Waals surface area contributed by atoms with Gasteiger partial charge in [0.05, 0.1) is 27.0 Å². The number of hydrogen-bond donors (Lipinski definition) is 1. The van der Waals surface area contributed by atoms with Gasteiger partial charge in [0.15, 0.2) is 0 Å². The molecular formula is C16H12ClFN2S. The summed E-state index contributed by atoms with van der Waals surface area (Å²) in [5.74, 6) is -0.172. The first-order chi connectivity index (χ1) is 10.2. The minimum Gasteiger partial charge on any atom is -0.375 e. The number of halogens is 2. The van der Waals surface area contributed by atoms with E-state index < -0.39 is 0 Å². The lowest BCUT2D eigenvalue weighted by molar-refractivity contribution is 0.626. The Balaban J connectivity index is 1.74. The van der Waals surface area contributed by atoms with Crippen LogP contribution in [0.25, 0.3) is 10.2 Å². The third kappa shape index (κ3) is 2.19. The van der Waals surface area contributed by atoms with Crippen LogP contribution in [0.15, 0.2) is 35.8 Å². The number of benzene rings is 2.